The minimum absolute atomic E-state index is 0.184. The minimum Gasteiger partial charge on any atom is -0.347 e. The van der Waals surface area contributed by atoms with Crippen LogP contribution in [0.25, 0.3) is 5.69 Å². The average molecular weight is 328 g/mol. The Hall–Kier alpha value is -2.80. The fourth-order valence-electron chi connectivity index (χ4n) is 2.41. The predicted molar refractivity (Wildman–Crippen MR) is 87.7 cm³/mol. The minimum atomic E-state index is -0.518. The van der Waals surface area contributed by atoms with E-state index in [1.165, 1.54) is 41.2 Å². The summed E-state index contributed by atoms with van der Waals surface area (Å²) in [5.41, 5.74) is 1.05. The van der Waals surface area contributed by atoms with Crippen molar-refractivity contribution in [1.82, 2.24) is 20.4 Å². The summed E-state index contributed by atoms with van der Waals surface area (Å²) in [4.78, 5) is 24.2. The van der Waals surface area contributed by atoms with E-state index < -0.39 is 11.3 Å². The SMILES string of the molecule is O=C(NCC1=CCNCC1)c1nn(-c2ccc(F)cc2)ccc1=O. The maximum absolute atomic E-state index is 13.0. The number of amides is 1. The highest BCUT2D eigenvalue weighted by Gasteiger charge is 2.14. The molecular weight excluding hydrogens is 311 g/mol. The molecule has 2 heterocycles. The Kier molecular flexibility index (Phi) is 4.81. The number of carbonyl (C=O) groups excluding carboxylic acids is 1. The Bertz CT molecular complexity index is 827. The van der Waals surface area contributed by atoms with Gasteiger partial charge in [0.1, 0.15) is 5.82 Å². The van der Waals surface area contributed by atoms with Crippen molar-refractivity contribution in [2.45, 2.75) is 6.42 Å². The lowest BCUT2D eigenvalue weighted by Gasteiger charge is -2.14. The molecule has 0 spiro atoms. The van der Waals surface area contributed by atoms with Crippen molar-refractivity contribution in [2.24, 2.45) is 0 Å². The molecule has 1 aromatic heterocycles. The largest absolute Gasteiger partial charge is 0.347 e. The number of carbonyl (C=O) groups is 1. The summed E-state index contributed by atoms with van der Waals surface area (Å²) in [6, 6.07) is 6.90. The first-order chi connectivity index (χ1) is 11.6. The van der Waals surface area contributed by atoms with Gasteiger partial charge in [0.05, 0.1) is 5.69 Å². The van der Waals surface area contributed by atoms with Crippen LogP contribution in [0.2, 0.25) is 0 Å². The van der Waals surface area contributed by atoms with Crippen LogP contribution in [0.5, 0.6) is 0 Å². The molecule has 24 heavy (non-hydrogen) atoms. The summed E-state index contributed by atoms with van der Waals surface area (Å²) < 4.78 is 14.4. The average Bonchev–Trinajstić information content (AvgIpc) is 2.62. The van der Waals surface area contributed by atoms with Crippen LogP contribution in [0.15, 0.2) is 53.0 Å². The van der Waals surface area contributed by atoms with Gasteiger partial charge in [-0.2, -0.15) is 5.10 Å². The monoisotopic (exact) mass is 328 g/mol. The van der Waals surface area contributed by atoms with Crippen LogP contribution in [-0.4, -0.2) is 35.3 Å². The molecule has 6 nitrogen and oxygen atoms in total. The van der Waals surface area contributed by atoms with E-state index in [-0.39, 0.29) is 11.5 Å². The van der Waals surface area contributed by atoms with Gasteiger partial charge < -0.3 is 10.6 Å². The summed E-state index contributed by atoms with van der Waals surface area (Å²) in [7, 11) is 0. The molecule has 0 unspecified atom stereocenters. The van der Waals surface area contributed by atoms with Crippen molar-refractivity contribution < 1.29 is 9.18 Å². The lowest BCUT2D eigenvalue weighted by Crippen LogP contribution is -2.34. The lowest BCUT2D eigenvalue weighted by atomic mass is 10.1. The quantitative estimate of drug-likeness (QED) is 0.822. The first-order valence-electron chi connectivity index (χ1n) is 7.66. The van der Waals surface area contributed by atoms with E-state index >= 15 is 0 Å². The number of hydrogen-bond donors (Lipinski definition) is 2. The predicted octanol–water partition coefficient (Wildman–Crippen LogP) is 1.02. The first-order valence-corrected chi connectivity index (χ1v) is 7.66. The molecule has 0 saturated carbocycles. The second-order valence-corrected chi connectivity index (χ2v) is 5.45. The molecule has 0 atom stereocenters. The van der Waals surface area contributed by atoms with Crippen molar-refractivity contribution in [2.75, 3.05) is 19.6 Å². The topological polar surface area (TPSA) is 76.0 Å². The Morgan fingerprint density at radius 1 is 1.29 bits per heavy atom. The van der Waals surface area contributed by atoms with Gasteiger partial charge in [-0.05, 0) is 37.2 Å². The van der Waals surface area contributed by atoms with Gasteiger partial charge in [0.2, 0.25) is 5.43 Å². The van der Waals surface area contributed by atoms with Crippen LogP contribution >= 0.6 is 0 Å². The molecule has 2 N–H and O–H groups in total. The summed E-state index contributed by atoms with van der Waals surface area (Å²) >= 11 is 0. The molecule has 1 aliphatic heterocycles. The molecule has 7 heteroatoms. The van der Waals surface area contributed by atoms with E-state index in [4.69, 9.17) is 0 Å². The summed E-state index contributed by atoms with van der Waals surface area (Å²) in [5.74, 6) is -0.885. The van der Waals surface area contributed by atoms with Crippen LogP contribution in [0.4, 0.5) is 4.39 Å². The van der Waals surface area contributed by atoms with Gasteiger partial charge in [-0.15, -0.1) is 0 Å². The van der Waals surface area contributed by atoms with Gasteiger partial charge in [0.25, 0.3) is 5.91 Å². The van der Waals surface area contributed by atoms with E-state index in [2.05, 4.69) is 15.7 Å². The van der Waals surface area contributed by atoms with Crippen LogP contribution in [0, 0.1) is 5.82 Å². The maximum atomic E-state index is 13.0. The second kappa shape index (κ2) is 7.18. The normalized spacial score (nSPS) is 14.1. The van der Waals surface area contributed by atoms with Crippen molar-refractivity contribution in [3.05, 3.63) is 69.9 Å². The van der Waals surface area contributed by atoms with Crippen LogP contribution < -0.4 is 16.1 Å². The zero-order chi connectivity index (χ0) is 16.9. The molecule has 0 aliphatic carbocycles. The van der Waals surface area contributed by atoms with E-state index in [0.717, 1.165) is 25.1 Å². The lowest BCUT2D eigenvalue weighted by molar-refractivity contribution is 0.0948. The number of halogens is 1. The Balaban J connectivity index is 1.78. The standard InChI is InChI=1S/C17H17FN4O2/c18-13-1-3-14(4-2-13)22-10-7-15(23)16(21-22)17(24)20-11-12-5-8-19-9-6-12/h1-5,7,10,19H,6,8-9,11H2,(H,20,24). The molecule has 0 bridgehead atoms. The third-order valence-corrected chi connectivity index (χ3v) is 3.75. The van der Waals surface area contributed by atoms with E-state index in [1.54, 1.807) is 0 Å². The molecule has 0 saturated heterocycles. The van der Waals surface area contributed by atoms with Crippen LogP contribution in [0.3, 0.4) is 0 Å². The second-order valence-electron chi connectivity index (χ2n) is 5.45. The highest BCUT2D eigenvalue weighted by Crippen LogP contribution is 2.07. The van der Waals surface area contributed by atoms with Gasteiger partial charge >= 0.3 is 0 Å². The Morgan fingerprint density at radius 3 is 2.79 bits per heavy atom. The van der Waals surface area contributed by atoms with Gasteiger partial charge in [-0.3, -0.25) is 9.59 Å². The van der Waals surface area contributed by atoms with E-state index in [0.29, 0.717) is 12.2 Å². The molecule has 2 aromatic rings. The van der Waals surface area contributed by atoms with Crippen molar-refractivity contribution in [3.8, 4) is 5.69 Å². The molecular formula is C17H17FN4O2. The zero-order valence-electron chi connectivity index (χ0n) is 13.0. The third-order valence-electron chi connectivity index (χ3n) is 3.75. The number of nitrogens with one attached hydrogen (secondary N) is 2. The van der Waals surface area contributed by atoms with E-state index in [1.807, 2.05) is 6.08 Å². The maximum Gasteiger partial charge on any atom is 0.276 e. The summed E-state index contributed by atoms with van der Waals surface area (Å²) in [5, 5.41) is 9.99. The molecule has 1 amide bonds. The molecule has 3 rings (SSSR count). The molecule has 124 valence electrons. The number of hydrogen-bond acceptors (Lipinski definition) is 4. The third kappa shape index (κ3) is 3.75. The zero-order valence-corrected chi connectivity index (χ0v) is 13.0. The molecule has 1 aromatic carbocycles. The van der Waals surface area contributed by atoms with Crippen LogP contribution in [-0.2, 0) is 0 Å². The van der Waals surface area contributed by atoms with Gasteiger partial charge in [0, 0.05) is 25.4 Å². The summed E-state index contributed by atoms with van der Waals surface area (Å²) in [6.45, 7) is 2.06. The van der Waals surface area contributed by atoms with Crippen molar-refractivity contribution in [1.29, 1.82) is 0 Å². The number of nitrogens with zero attached hydrogens (tertiary/aromatic N) is 2. The van der Waals surface area contributed by atoms with Crippen molar-refractivity contribution >= 4 is 5.91 Å². The smallest absolute Gasteiger partial charge is 0.276 e. The summed E-state index contributed by atoms with van der Waals surface area (Å²) in [6.07, 6.45) is 4.34. The van der Waals surface area contributed by atoms with E-state index in [9.17, 15) is 14.0 Å². The Labute approximate surface area is 138 Å². The van der Waals surface area contributed by atoms with Crippen LogP contribution in [0.1, 0.15) is 16.9 Å². The number of rotatable bonds is 4. The molecule has 0 radical (unpaired) electrons. The molecule has 0 fully saturated rings. The van der Waals surface area contributed by atoms with Gasteiger partial charge in [-0.1, -0.05) is 11.6 Å². The number of benzene rings is 1. The van der Waals surface area contributed by atoms with Crippen molar-refractivity contribution in [3.63, 3.8) is 0 Å². The fourth-order valence-corrected chi connectivity index (χ4v) is 2.41. The Morgan fingerprint density at radius 2 is 2.08 bits per heavy atom. The number of aromatic nitrogens is 2. The van der Waals surface area contributed by atoms with Gasteiger partial charge in [0.15, 0.2) is 5.69 Å². The van der Waals surface area contributed by atoms with Gasteiger partial charge in [-0.25, -0.2) is 9.07 Å². The molecule has 1 aliphatic rings. The first kappa shape index (κ1) is 16.1. The fraction of sp³-hybridized carbons (Fsp3) is 0.235. The highest BCUT2D eigenvalue weighted by molar-refractivity contribution is 5.92. The highest BCUT2D eigenvalue weighted by atomic mass is 19.1.